The lowest BCUT2D eigenvalue weighted by Gasteiger charge is -2.33. The van der Waals surface area contributed by atoms with E-state index in [1.54, 1.807) is 23.7 Å². The lowest BCUT2D eigenvalue weighted by molar-refractivity contribution is -0.127. The van der Waals surface area contributed by atoms with Crippen molar-refractivity contribution in [1.29, 1.82) is 0 Å². The zero-order valence-electron chi connectivity index (χ0n) is 15.4. The summed E-state index contributed by atoms with van der Waals surface area (Å²) in [5.41, 5.74) is 4.37. The van der Waals surface area contributed by atoms with Crippen molar-refractivity contribution in [2.45, 2.75) is 6.04 Å². The first kappa shape index (κ1) is 19.5. The molecular weight excluding hydrogens is 354 g/mol. The van der Waals surface area contributed by atoms with Crippen LogP contribution in [-0.2, 0) is 9.59 Å². The smallest absolute Gasteiger partial charge is 0.267 e. The van der Waals surface area contributed by atoms with Crippen molar-refractivity contribution in [2.24, 2.45) is 0 Å². The first-order chi connectivity index (χ1) is 13.7. The summed E-state index contributed by atoms with van der Waals surface area (Å²) in [5.74, 6) is -0.620. The molecule has 2 aromatic rings. The number of nitrogens with zero attached hydrogens (tertiary/aromatic N) is 1. The molecule has 1 fully saturated rings. The summed E-state index contributed by atoms with van der Waals surface area (Å²) >= 11 is 0. The third-order valence-electron chi connectivity index (χ3n) is 4.56. The number of hydrogen-bond acceptors (Lipinski definition) is 4. The van der Waals surface area contributed by atoms with Crippen LogP contribution in [0.5, 0.6) is 0 Å². The van der Waals surface area contributed by atoms with Gasteiger partial charge >= 0.3 is 0 Å². The van der Waals surface area contributed by atoms with Gasteiger partial charge in [-0.1, -0.05) is 48.5 Å². The average Bonchev–Trinajstić information content (AvgIpc) is 2.76. The molecule has 0 bridgehead atoms. The quantitative estimate of drug-likeness (QED) is 0.425. The maximum absolute atomic E-state index is 12.6. The maximum Gasteiger partial charge on any atom is 0.267 e. The van der Waals surface area contributed by atoms with Gasteiger partial charge in [-0.25, -0.2) is 5.48 Å². The highest BCUT2D eigenvalue weighted by atomic mass is 16.5. The molecule has 1 heterocycles. The summed E-state index contributed by atoms with van der Waals surface area (Å²) in [6.07, 6.45) is 6.17. The molecule has 1 aliphatic heterocycles. The Bertz CT molecular complexity index is 878. The van der Waals surface area contributed by atoms with Crippen LogP contribution >= 0.6 is 0 Å². The molecule has 2 amide bonds. The van der Waals surface area contributed by atoms with Gasteiger partial charge in [0.15, 0.2) is 0 Å². The zero-order chi connectivity index (χ0) is 19.8. The topological polar surface area (TPSA) is 81.7 Å². The minimum Gasteiger partial charge on any atom is -0.336 e. The minimum absolute atomic E-state index is 0.0250. The molecule has 3 N–H and O–H groups in total. The summed E-state index contributed by atoms with van der Waals surface area (Å²) in [6.45, 7) is 2.06. The van der Waals surface area contributed by atoms with Gasteiger partial charge in [-0.05, 0) is 34.9 Å². The third-order valence-corrected chi connectivity index (χ3v) is 4.56. The normalized spacial score (nSPS) is 17.2. The van der Waals surface area contributed by atoms with Gasteiger partial charge in [0.2, 0.25) is 5.91 Å². The van der Waals surface area contributed by atoms with Crippen LogP contribution in [0.3, 0.4) is 0 Å². The Morgan fingerprint density at radius 2 is 1.75 bits per heavy atom. The number of carbonyl (C=O) groups is 2. The van der Waals surface area contributed by atoms with E-state index in [2.05, 4.69) is 17.4 Å². The second-order valence-electron chi connectivity index (χ2n) is 6.51. The average molecular weight is 377 g/mol. The zero-order valence-corrected chi connectivity index (χ0v) is 15.4. The van der Waals surface area contributed by atoms with Crippen molar-refractivity contribution in [1.82, 2.24) is 15.7 Å². The van der Waals surface area contributed by atoms with Crippen LogP contribution in [-0.4, -0.2) is 41.6 Å². The molecule has 1 aliphatic rings. The molecule has 1 atom stereocenters. The van der Waals surface area contributed by atoms with Crippen molar-refractivity contribution in [2.75, 3.05) is 19.6 Å². The van der Waals surface area contributed by atoms with Gasteiger partial charge in [0.1, 0.15) is 0 Å². The van der Waals surface area contributed by atoms with E-state index in [1.165, 1.54) is 11.6 Å². The molecule has 0 radical (unpaired) electrons. The summed E-state index contributed by atoms with van der Waals surface area (Å²) < 4.78 is 0. The highest BCUT2D eigenvalue weighted by Gasteiger charge is 2.22. The first-order valence-electron chi connectivity index (χ1n) is 9.13. The van der Waals surface area contributed by atoms with Crippen LogP contribution in [0.15, 0.2) is 66.7 Å². The predicted octanol–water partition coefficient (Wildman–Crippen LogP) is 2.39. The molecule has 0 saturated carbocycles. The Balaban J connectivity index is 1.63. The second kappa shape index (κ2) is 9.64. The molecular formula is C22H23N3O3. The summed E-state index contributed by atoms with van der Waals surface area (Å²) in [4.78, 5) is 25.5. The van der Waals surface area contributed by atoms with Gasteiger partial charge in [0, 0.05) is 37.8 Å². The summed E-state index contributed by atoms with van der Waals surface area (Å²) in [6, 6.07) is 17.7. The SMILES string of the molecule is O=C(/C=C/c1cccc(/C=C/C(=O)N2CCNC(c3ccccc3)C2)c1)NO. The van der Waals surface area contributed by atoms with E-state index in [4.69, 9.17) is 5.21 Å². The largest absolute Gasteiger partial charge is 0.336 e. The fourth-order valence-electron chi connectivity index (χ4n) is 3.11. The molecule has 1 saturated heterocycles. The van der Waals surface area contributed by atoms with E-state index in [1.807, 2.05) is 47.4 Å². The third kappa shape index (κ3) is 5.39. The Morgan fingerprint density at radius 1 is 1.04 bits per heavy atom. The standard InChI is InChI=1S/C22H23N3O3/c26-21(24-28)11-9-17-5-4-6-18(15-17)10-12-22(27)25-14-13-23-20(16-25)19-7-2-1-3-8-19/h1-12,15,20,23,28H,13-14,16H2,(H,24,26)/b11-9+,12-10+. The van der Waals surface area contributed by atoms with E-state index in [-0.39, 0.29) is 11.9 Å². The Morgan fingerprint density at radius 3 is 2.46 bits per heavy atom. The van der Waals surface area contributed by atoms with Gasteiger partial charge in [-0.3, -0.25) is 14.8 Å². The Kier molecular flexibility index (Phi) is 6.73. The fourth-order valence-corrected chi connectivity index (χ4v) is 3.11. The van der Waals surface area contributed by atoms with E-state index >= 15 is 0 Å². The Labute approximate surface area is 164 Å². The van der Waals surface area contributed by atoms with Gasteiger partial charge in [0.25, 0.3) is 5.91 Å². The number of hydroxylamine groups is 1. The summed E-state index contributed by atoms with van der Waals surface area (Å²) in [5, 5.41) is 12.0. The van der Waals surface area contributed by atoms with Crippen LogP contribution in [0, 0.1) is 0 Å². The van der Waals surface area contributed by atoms with Crippen molar-refractivity contribution in [3.63, 3.8) is 0 Å². The van der Waals surface area contributed by atoms with Crippen LogP contribution in [0.1, 0.15) is 22.7 Å². The van der Waals surface area contributed by atoms with Crippen LogP contribution in [0.25, 0.3) is 12.2 Å². The van der Waals surface area contributed by atoms with E-state index in [9.17, 15) is 9.59 Å². The highest BCUT2D eigenvalue weighted by molar-refractivity contribution is 5.92. The minimum atomic E-state index is -0.595. The van der Waals surface area contributed by atoms with Gasteiger partial charge in [-0.15, -0.1) is 0 Å². The molecule has 6 heteroatoms. The number of hydrogen-bond donors (Lipinski definition) is 3. The molecule has 2 aromatic carbocycles. The lowest BCUT2D eigenvalue weighted by Crippen LogP contribution is -2.47. The maximum atomic E-state index is 12.6. The molecule has 3 rings (SSSR count). The van der Waals surface area contributed by atoms with Crippen molar-refractivity contribution in [3.8, 4) is 0 Å². The van der Waals surface area contributed by atoms with E-state index in [0.717, 1.165) is 17.7 Å². The van der Waals surface area contributed by atoms with Crippen LogP contribution in [0.4, 0.5) is 0 Å². The van der Waals surface area contributed by atoms with E-state index < -0.39 is 5.91 Å². The molecule has 144 valence electrons. The monoisotopic (exact) mass is 377 g/mol. The predicted molar refractivity (Wildman–Crippen MR) is 108 cm³/mol. The number of carbonyl (C=O) groups excluding carboxylic acids is 2. The molecule has 0 aromatic heterocycles. The number of piperazine rings is 1. The number of rotatable bonds is 5. The Hall–Kier alpha value is -3.22. The first-order valence-corrected chi connectivity index (χ1v) is 9.13. The highest BCUT2D eigenvalue weighted by Crippen LogP contribution is 2.17. The summed E-state index contributed by atoms with van der Waals surface area (Å²) in [7, 11) is 0. The molecule has 28 heavy (non-hydrogen) atoms. The van der Waals surface area contributed by atoms with Crippen molar-refractivity contribution >= 4 is 24.0 Å². The molecule has 6 nitrogen and oxygen atoms in total. The number of amides is 2. The molecule has 0 spiro atoms. The van der Waals surface area contributed by atoms with Gasteiger partial charge < -0.3 is 10.2 Å². The lowest BCUT2D eigenvalue weighted by atomic mass is 10.0. The van der Waals surface area contributed by atoms with Crippen molar-refractivity contribution < 1.29 is 14.8 Å². The number of benzene rings is 2. The van der Waals surface area contributed by atoms with E-state index in [0.29, 0.717) is 13.1 Å². The van der Waals surface area contributed by atoms with Crippen molar-refractivity contribution in [3.05, 3.63) is 83.4 Å². The molecule has 0 aliphatic carbocycles. The molecule has 1 unspecified atom stereocenters. The van der Waals surface area contributed by atoms with Crippen LogP contribution < -0.4 is 10.8 Å². The van der Waals surface area contributed by atoms with Gasteiger partial charge in [0.05, 0.1) is 0 Å². The second-order valence-corrected chi connectivity index (χ2v) is 6.51. The fraction of sp³-hybridized carbons (Fsp3) is 0.182. The van der Waals surface area contributed by atoms with Crippen LogP contribution in [0.2, 0.25) is 0 Å². The number of nitrogens with one attached hydrogen (secondary N) is 2. The van der Waals surface area contributed by atoms with Gasteiger partial charge in [-0.2, -0.15) is 0 Å².